The van der Waals surface area contributed by atoms with E-state index in [9.17, 15) is 13.2 Å². The van der Waals surface area contributed by atoms with Gasteiger partial charge in [0.05, 0.1) is 10.9 Å². The van der Waals surface area contributed by atoms with Crippen molar-refractivity contribution in [3.8, 4) is 0 Å². The van der Waals surface area contributed by atoms with Crippen molar-refractivity contribution in [2.45, 2.75) is 30.8 Å². The monoisotopic (exact) mass is 448 g/mol. The number of sulfonamides is 1. The molecule has 1 atom stereocenters. The van der Waals surface area contributed by atoms with Crippen molar-refractivity contribution in [2.75, 3.05) is 6.54 Å². The first-order valence-electron chi connectivity index (χ1n) is 10.6. The highest BCUT2D eigenvalue weighted by Crippen LogP contribution is 2.20. The first-order chi connectivity index (χ1) is 15.5. The van der Waals surface area contributed by atoms with E-state index in [4.69, 9.17) is 0 Å². The summed E-state index contributed by atoms with van der Waals surface area (Å²) in [6, 6.07) is 25.2. The third kappa shape index (κ3) is 5.72. The third-order valence-electron chi connectivity index (χ3n) is 5.20. The van der Waals surface area contributed by atoms with Gasteiger partial charge in [0.2, 0.25) is 10.0 Å². The van der Waals surface area contributed by atoms with Gasteiger partial charge in [0.15, 0.2) is 0 Å². The Hall–Kier alpha value is -3.22. The average molecular weight is 449 g/mol. The number of nitrogens with one attached hydrogen (secondary N) is 1. The second-order valence-electron chi connectivity index (χ2n) is 7.44. The Morgan fingerprint density at radius 1 is 0.969 bits per heavy atom. The number of nitrogens with zero attached hydrogens (tertiary/aromatic N) is 1. The molecule has 6 heteroatoms. The molecule has 32 heavy (non-hydrogen) atoms. The lowest BCUT2D eigenvalue weighted by molar-refractivity contribution is 0.0935. The van der Waals surface area contributed by atoms with Gasteiger partial charge < -0.3 is 5.32 Å². The van der Waals surface area contributed by atoms with Crippen molar-refractivity contribution >= 4 is 15.9 Å². The summed E-state index contributed by atoms with van der Waals surface area (Å²) in [5, 5.41) is 3.07. The largest absolute Gasteiger partial charge is 0.345 e. The molecule has 0 aliphatic rings. The van der Waals surface area contributed by atoms with Crippen LogP contribution in [-0.2, 0) is 16.6 Å². The van der Waals surface area contributed by atoms with Crippen LogP contribution >= 0.6 is 0 Å². The minimum atomic E-state index is -3.66. The van der Waals surface area contributed by atoms with Crippen LogP contribution in [0.15, 0.2) is 102 Å². The number of hydrogen-bond donors (Lipinski definition) is 1. The lowest BCUT2D eigenvalue weighted by Crippen LogP contribution is -2.31. The maximum atomic E-state index is 13.0. The summed E-state index contributed by atoms with van der Waals surface area (Å²) in [7, 11) is -3.66. The minimum Gasteiger partial charge on any atom is -0.345 e. The van der Waals surface area contributed by atoms with Crippen LogP contribution in [0, 0.1) is 0 Å². The number of benzene rings is 3. The van der Waals surface area contributed by atoms with E-state index in [1.165, 1.54) is 4.31 Å². The van der Waals surface area contributed by atoms with E-state index < -0.39 is 10.0 Å². The fourth-order valence-electron chi connectivity index (χ4n) is 3.45. The van der Waals surface area contributed by atoms with E-state index >= 15 is 0 Å². The summed E-state index contributed by atoms with van der Waals surface area (Å²) in [6.07, 6.45) is 2.35. The summed E-state index contributed by atoms with van der Waals surface area (Å²) >= 11 is 0. The zero-order chi connectivity index (χ0) is 23.0. The van der Waals surface area contributed by atoms with Crippen molar-refractivity contribution in [3.63, 3.8) is 0 Å². The molecule has 0 aromatic heterocycles. The number of carbonyl (C=O) groups excluding carboxylic acids is 1. The van der Waals surface area contributed by atoms with Gasteiger partial charge in [0, 0.05) is 18.7 Å². The van der Waals surface area contributed by atoms with E-state index in [0.717, 1.165) is 17.5 Å². The molecule has 0 heterocycles. The first kappa shape index (κ1) is 23.4. The molecule has 1 amide bonds. The van der Waals surface area contributed by atoms with Gasteiger partial charge in [-0.3, -0.25) is 4.79 Å². The Labute approximate surface area is 190 Å². The normalized spacial score (nSPS) is 12.3. The van der Waals surface area contributed by atoms with E-state index in [1.807, 2.05) is 37.3 Å². The van der Waals surface area contributed by atoms with E-state index in [2.05, 4.69) is 11.9 Å². The molecule has 0 aliphatic carbocycles. The molecular weight excluding hydrogens is 420 g/mol. The lowest BCUT2D eigenvalue weighted by Gasteiger charge is -2.21. The van der Waals surface area contributed by atoms with Crippen LogP contribution in [-0.4, -0.2) is 25.2 Å². The lowest BCUT2D eigenvalue weighted by atomic mass is 10.0. The van der Waals surface area contributed by atoms with Gasteiger partial charge in [-0.25, -0.2) is 8.42 Å². The highest BCUT2D eigenvalue weighted by atomic mass is 32.2. The van der Waals surface area contributed by atoms with E-state index in [-0.39, 0.29) is 29.9 Å². The Morgan fingerprint density at radius 2 is 1.56 bits per heavy atom. The molecule has 0 saturated heterocycles. The van der Waals surface area contributed by atoms with Gasteiger partial charge in [-0.2, -0.15) is 4.31 Å². The van der Waals surface area contributed by atoms with Gasteiger partial charge in [-0.1, -0.05) is 73.7 Å². The van der Waals surface area contributed by atoms with Crippen molar-refractivity contribution in [2.24, 2.45) is 0 Å². The van der Waals surface area contributed by atoms with Crippen LogP contribution in [0.4, 0.5) is 0 Å². The molecule has 0 aliphatic heterocycles. The molecule has 0 fully saturated rings. The van der Waals surface area contributed by atoms with Crippen LogP contribution < -0.4 is 5.32 Å². The fourth-order valence-corrected chi connectivity index (χ4v) is 4.87. The number of hydrogen-bond acceptors (Lipinski definition) is 3. The second kappa shape index (κ2) is 10.9. The molecule has 3 aromatic carbocycles. The van der Waals surface area contributed by atoms with Crippen molar-refractivity contribution in [3.05, 3.63) is 114 Å². The number of rotatable bonds is 10. The van der Waals surface area contributed by atoms with Gasteiger partial charge in [0.1, 0.15) is 0 Å². The molecule has 0 radical (unpaired) electrons. The summed E-state index contributed by atoms with van der Waals surface area (Å²) in [5.74, 6) is -0.160. The standard InChI is InChI=1S/C26H28N2O3S/c1-3-19-28(32(30,31)24-13-9-6-10-14-24)20-21-15-17-23(18-16-21)26(29)27-25(4-2)22-11-7-5-8-12-22/h3,5-18,25H,1,4,19-20H2,2H3,(H,27,29). The van der Waals surface area contributed by atoms with Crippen LogP contribution in [0.3, 0.4) is 0 Å². The molecule has 0 bridgehead atoms. The van der Waals surface area contributed by atoms with Crippen molar-refractivity contribution in [1.29, 1.82) is 0 Å². The Balaban J connectivity index is 1.72. The van der Waals surface area contributed by atoms with E-state index in [0.29, 0.717) is 5.56 Å². The molecule has 3 rings (SSSR count). The summed E-state index contributed by atoms with van der Waals surface area (Å²) in [4.78, 5) is 13.0. The minimum absolute atomic E-state index is 0.0672. The number of amides is 1. The molecule has 1 unspecified atom stereocenters. The van der Waals surface area contributed by atoms with Crippen molar-refractivity contribution < 1.29 is 13.2 Å². The van der Waals surface area contributed by atoms with Crippen molar-refractivity contribution in [1.82, 2.24) is 9.62 Å². The predicted octanol–water partition coefficient (Wildman–Crippen LogP) is 4.94. The Bertz CT molecular complexity index is 1130. The first-order valence-corrected chi connectivity index (χ1v) is 12.0. The van der Waals surface area contributed by atoms with Gasteiger partial charge in [-0.05, 0) is 41.8 Å². The smallest absolute Gasteiger partial charge is 0.251 e. The van der Waals surface area contributed by atoms with E-state index in [1.54, 1.807) is 60.7 Å². The predicted molar refractivity (Wildman–Crippen MR) is 128 cm³/mol. The van der Waals surface area contributed by atoms with Gasteiger partial charge >= 0.3 is 0 Å². The Kier molecular flexibility index (Phi) is 7.98. The quantitative estimate of drug-likeness (QED) is 0.447. The maximum absolute atomic E-state index is 13.0. The Morgan fingerprint density at radius 3 is 2.12 bits per heavy atom. The van der Waals surface area contributed by atoms with Crippen LogP contribution in [0.1, 0.15) is 40.9 Å². The highest BCUT2D eigenvalue weighted by molar-refractivity contribution is 7.89. The maximum Gasteiger partial charge on any atom is 0.251 e. The van der Waals surface area contributed by atoms with Gasteiger partial charge in [0.25, 0.3) is 5.91 Å². The summed E-state index contributed by atoms with van der Waals surface area (Å²) in [6.45, 7) is 6.09. The zero-order valence-electron chi connectivity index (χ0n) is 18.1. The molecular formula is C26H28N2O3S. The summed E-state index contributed by atoms with van der Waals surface area (Å²) in [5.41, 5.74) is 2.38. The topological polar surface area (TPSA) is 66.5 Å². The second-order valence-corrected chi connectivity index (χ2v) is 9.38. The molecule has 0 saturated carbocycles. The van der Waals surface area contributed by atoms with Crippen LogP contribution in [0.25, 0.3) is 0 Å². The molecule has 166 valence electrons. The SMILES string of the molecule is C=CCN(Cc1ccc(C(=O)NC(CC)c2ccccc2)cc1)S(=O)(=O)c1ccccc1. The summed E-state index contributed by atoms with van der Waals surface area (Å²) < 4.78 is 27.4. The van der Waals surface area contributed by atoms with Crippen LogP contribution in [0.2, 0.25) is 0 Å². The highest BCUT2D eigenvalue weighted by Gasteiger charge is 2.23. The molecule has 5 nitrogen and oxygen atoms in total. The molecule has 3 aromatic rings. The van der Waals surface area contributed by atoms with Gasteiger partial charge in [-0.15, -0.1) is 6.58 Å². The van der Waals surface area contributed by atoms with Crippen LogP contribution in [0.5, 0.6) is 0 Å². The average Bonchev–Trinajstić information content (AvgIpc) is 2.83. The fraction of sp³-hybridized carbons (Fsp3) is 0.192. The molecule has 1 N–H and O–H groups in total. The third-order valence-corrected chi connectivity index (χ3v) is 7.03. The zero-order valence-corrected chi connectivity index (χ0v) is 19.0. The number of carbonyl (C=O) groups is 1. The molecule has 0 spiro atoms.